The Balaban J connectivity index is 1.69. The average Bonchev–Trinajstić information content (AvgIpc) is 2.92. The predicted molar refractivity (Wildman–Crippen MR) is 78.6 cm³/mol. The molecule has 3 heteroatoms. The van der Waals surface area contributed by atoms with E-state index in [0.29, 0.717) is 0 Å². The number of fused-ring (bicyclic) bond motifs is 1. The fraction of sp³-hybridized carbons (Fsp3) is 0.438. The van der Waals surface area contributed by atoms with E-state index >= 15 is 0 Å². The summed E-state index contributed by atoms with van der Waals surface area (Å²) in [5.74, 6) is 0. The molecule has 0 amide bonds. The zero-order chi connectivity index (χ0) is 13.1. The smallest absolute Gasteiger partial charge is 0.256 e. The number of likely N-dealkylation sites (tertiary alicyclic amines) is 1. The monoisotopic (exact) mass is 256 g/mol. The van der Waals surface area contributed by atoms with Crippen LogP contribution in [0.5, 0.6) is 0 Å². The van der Waals surface area contributed by atoms with Gasteiger partial charge in [0.15, 0.2) is 0 Å². The van der Waals surface area contributed by atoms with Crippen LogP contribution in [-0.4, -0.2) is 29.5 Å². The quantitative estimate of drug-likeness (QED) is 0.912. The Morgan fingerprint density at radius 3 is 2.79 bits per heavy atom. The van der Waals surface area contributed by atoms with Crippen LogP contribution in [0.1, 0.15) is 25.0 Å². The van der Waals surface area contributed by atoms with E-state index in [1.807, 2.05) is 24.3 Å². The normalized spacial score (nSPS) is 16.2. The summed E-state index contributed by atoms with van der Waals surface area (Å²) >= 11 is 0. The minimum atomic E-state index is 0.0364. The molecular weight excluding hydrogens is 236 g/mol. The van der Waals surface area contributed by atoms with Gasteiger partial charge in [-0.05, 0) is 62.8 Å². The van der Waals surface area contributed by atoms with Crippen LogP contribution >= 0.6 is 0 Å². The number of benzene rings is 1. The summed E-state index contributed by atoms with van der Waals surface area (Å²) in [6, 6.07) is 9.89. The number of aryl methyl sites for hydroxylation is 1. The SMILES string of the molecule is O=c1[nH]c(CCCN2CCCC2)cc2ccccc12. The van der Waals surface area contributed by atoms with Crippen molar-refractivity contribution >= 4 is 10.8 Å². The summed E-state index contributed by atoms with van der Waals surface area (Å²) in [6.07, 6.45) is 4.75. The van der Waals surface area contributed by atoms with Gasteiger partial charge < -0.3 is 9.88 Å². The number of nitrogens with zero attached hydrogens (tertiary/aromatic N) is 1. The molecule has 0 aliphatic carbocycles. The van der Waals surface area contributed by atoms with Crippen LogP contribution in [-0.2, 0) is 6.42 Å². The molecule has 1 aliphatic rings. The lowest BCUT2D eigenvalue weighted by atomic mass is 10.1. The summed E-state index contributed by atoms with van der Waals surface area (Å²) in [5.41, 5.74) is 1.09. The number of H-pyrrole nitrogens is 1. The fourth-order valence-electron chi connectivity index (χ4n) is 2.90. The van der Waals surface area contributed by atoms with Gasteiger partial charge in [0.1, 0.15) is 0 Å². The van der Waals surface area contributed by atoms with E-state index in [2.05, 4.69) is 16.0 Å². The van der Waals surface area contributed by atoms with Gasteiger partial charge in [0.05, 0.1) is 0 Å². The van der Waals surface area contributed by atoms with Crippen molar-refractivity contribution in [2.45, 2.75) is 25.7 Å². The highest BCUT2D eigenvalue weighted by Gasteiger charge is 2.10. The molecule has 2 aromatic rings. The summed E-state index contributed by atoms with van der Waals surface area (Å²) < 4.78 is 0. The lowest BCUT2D eigenvalue weighted by Gasteiger charge is -2.13. The second-order valence-electron chi connectivity index (χ2n) is 5.36. The molecule has 0 saturated carbocycles. The lowest BCUT2D eigenvalue weighted by Crippen LogP contribution is -2.21. The third-order valence-electron chi connectivity index (χ3n) is 3.93. The first kappa shape index (κ1) is 12.4. The van der Waals surface area contributed by atoms with Crippen molar-refractivity contribution in [1.29, 1.82) is 0 Å². The summed E-state index contributed by atoms with van der Waals surface area (Å²) in [4.78, 5) is 17.5. The topological polar surface area (TPSA) is 36.1 Å². The number of hydrogen-bond acceptors (Lipinski definition) is 2. The number of hydrogen-bond donors (Lipinski definition) is 1. The largest absolute Gasteiger partial charge is 0.326 e. The van der Waals surface area contributed by atoms with Crippen molar-refractivity contribution < 1.29 is 0 Å². The zero-order valence-corrected chi connectivity index (χ0v) is 11.2. The van der Waals surface area contributed by atoms with Gasteiger partial charge in [-0.25, -0.2) is 0 Å². The molecule has 1 aliphatic heterocycles. The highest BCUT2D eigenvalue weighted by molar-refractivity contribution is 5.81. The Kier molecular flexibility index (Phi) is 3.65. The predicted octanol–water partition coefficient (Wildman–Crippen LogP) is 2.56. The molecule has 2 heterocycles. The highest BCUT2D eigenvalue weighted by Crippen LogP contribution is 2.12. The first-order chi connectivity index (χ1) is 9.33. The van der Waals surface area contributed by atoms with Gasteiger partial charge in [-0.15, -0.1) is 0 Å². The molecule has 100 valence electrons. The number of aromatic amines is 1. The van der Waals surface area contributed by atoms with E-state index in [1.54, 1.807) is 0 Å². The van der Waals surface area contributed by atoms with Crippen molar-refractivity contribution in [2.24, 2.45) is 0 Å². The Labute approximate surface area is 113 Å². The molecule has 1 aromatic heterocycles. The van der Waals surface area contributed by atoms with Crippen LogP contribution in [0.15, 0.2) is 35.1 Å². The van der Waals surface area contributed by atoms with E-state index in [-0.39, 0.29) is 5.56 Å². The van der Waals surface area contributed by atoms with Crippen molar-refractivity contribution in [1.82, 2.24) is 9.88 Å². The van der Waals surface area contributed by atoms with Crippen LogP contribution < -0.4 is 5.56 Å². The van der Waals surface area contributed by atoms with E-state index in [4.69, 9.17) is 0 Å². The molecule has 1 saturated heterocycles. The van der Waals surface area contributed by atoms with E-state index in [0.717, 1.165) is 35.9 Å². The van der Waals surface area contributed by atoms with Gasteiger partial charge in [-0.2, -0.15) is 0 Å². The van der Waals surface area contributed by atoms with E-state index in [9.17, 15) is 4.79 Å². The molecule has 1 fully saturated rings. The Morgan fingerprint density at radius 1 is 1.16 bits per heavy atom. The van der Waals surface area contributed by atoms with Crippen LogP contribution in [0, 0.1) is 0 Å². The van der Waals surface area contributed by atoms with Gasteiger partial charge in [-0.3, -0.25) is 4.79 Å². The standard InChI is InChI=1S/C16H20N2O/c19-16-15-8-2-1-6-13(15)12-14(17-16)7-5-11-18-9-3-4-10-18/h1-2,6,8,12H,3-5,7,9-11H2,(H,17,19). The third kappa shape index (κ3) is 2.87. The highest BCUT2D eigenvalue weighted by atomic mass is 16.1. The van der Waals surface area contributed by atoms with Gasteiger partial charge in [-0.1, -0.05) is 18.2 Å². The van der Waals surface area contributed by atoms with Gasteiger partial charge in [0.2, 0.25) is 0 Å². The van der Waals surface area contributed by atoms with Gasteiger partial charge in [0.25, 0.3) is 5.56 Å². The molecule has 0 bridgehead atoms. The van der Waals surface area contributed by atoms with Crippen LogP contribution in [0.4, 0.5) is 0 Å². The second kappa shape index (κ2) is 5.57. The number of aromatic nitrogens is 1. The minimum Gasteiger partial charge on any atom is -0.326 e. The average molecular weight is 256 g/mol. The molecule has 1 aromatic carbocycles. The molecule has 0 radical (unpaired) electrons. The summed E-state index contributed by atoms with van der Waals surface area (Å²) in [5, 5.41) is 1.83. The number of nitrogens with one attached hydrogen (secondary N) is 1. The lowest BCUT2D eigenvalue weighted by molar-refractivity contribution is 0.333. The third-order valence-corrected chi connectivity index (χ3v) is 3.93. The maximum Gasteiger partial charge on any atom is 0.256 e. The fourth-order valence-corrected chi connectivity index (χ4v) is 2.90. The molecule has 19 heavy (non-hydrogen) atoms. The molecule has 3 rings (SSSR count). The maximum atomic E-state index is 12.0. The maximum absolute atomic E-state index is 12.0. The Hall–Kier alpha value is -1.61. The molecule has 0 atom stereocenters. The van der Waals surface area contributed by atoms with Crippen LogP contribution in [0.2, 0.25) is 0 Å². The summed E-state index contributed by atoms with van der Waals surface area (Å²) in [7, 11) is 0. The molecule has 3 nitrogen and oxygen atoms in total. The molecule has 0 spiro atoms. The number of rotatable bonds is 4. The van der Waals surface area contributed by atoms with Crippen molar-refractivity contribution in [3.63, 3.8) is 0 Å². The van der Waals surface area contributed by atoms with Crippen LogP contribution in [0.25, 0.3) is 10.8 Å². The summed E-state index contributed by atoms with van der Waals surface area (Å²) in [6.45, 7) is 3.64. The van der Waals surface area contributed by atoms with Crippen LogP contribution in [0.3, 0.4) is 0 Å². The Bertz CT molecular complexity index is 611. The molecular formula is C16H20N2O. The van der Waals surface area contributed by atoms with Crippen molar-refractivity contribution in [2.75, 3.05) is 19.6 Å². The number of pyridine rings is 1. The van der Waals surface area contributed by atoms with E-state index < -0.39 is 0 Å². The van der Waals surface area contributed by atoms with Crippen molar-refractivity contribution in [3.8, 4) is 0 Å². The minimum absolute atomic E-state index is 0.0364. The first-order valence-electron chi connectivity index (χ1n) is 7.16. The first-order valence-corrected chi connectivity index (χ1v) is 7.16. The molecule has 1 N–H and O–H groups in total. The van der Waals surface area contributed by atoms with Gasteiger partial charge in [0, 0.05) is 11.1 Å². The van der Waals surface area contributed by atoms with Crippen molar-refractivity contribution in [3.05, 3.63) is 46.4 Å². The van der Waals surface area contributed by atoms with Gasteiger partial charge >= 0.3 is 0 Å². The Morgan fingerprint density at radius 2 is 1.95 bits per heavy atom. The van der Waals surface area contributed by atoms with E-state index in [1.165, 1.54) is 25.9 Å². The molecule has 0 unspecified atom stereocenters. The second-order valence-corrected chi connectivity index (χ2v) is 5.36. The zero-order valence-electron chi connectivity index (χ0n) is 11.2.